The molecule has 0 bridgehead atoms. The van der Waals surface area contributed by atoms with E-state index in [0.717, 1.165) is 23.7 Å². The van der Waals surface area contributed by atoms with Crippen LogP contribution in [0.1, 0.15) is 12.5 Å². The molecule has 1 unspecified atom stereocenters. The van der Waals surface area contributed by atoms with Crippen LogP contribution in [0.25, 0.3) is 0 Å². The van der Waals surface area contributed by atoms with Crippen molar-refractivity contribution < 1.29 is 9.47 Å². The van der Waals surface area contributed by atoms with Gasteiger partial charge in [0, 0.05) is 32.9 Å². The summed E-state index contributed by atoms with van der Waals surface area (Å²) in [4.78, 5) is 8.42. The Labute approximate surface area is 108 Å². The molecule has 6 heteroatoms. The molecule has 1 heterocycles. The average Bonchev–Trinajstić information content (AvgIpc) is 2.38. The van der Waals surface area contributed by atoms with Crippen molar-refractivity contribution in [3.8, 4) is 0 Å². The molecule has 2 N–H and O–H groups in total. The maximum absolute atomic E-state index is 5.28. The lowest BCUT2D eigenvalue weighted by molar-refractivity contribution is 0.0365. The van der Waals surface area contributed by atoms with Gasteiger partial charge in [-0.1, -0.05) is 0 Å². The second-order valence-electron chi connectivity index (χ2n) is 3.92. The molecule has 0 aliphatic rings. The second-order valence-corrected chi connectivity index (χ2v) is 3.92. The lowest BCUT2D eigenvalue weighted by Crippen LogP contribution is -2.27. The molecule has 0 aliphatic heterocycles. The van der Waals surface area contributed by atoms with Crippen LogP contribution in [0.2, 0.25) is 0 Å². The molecule has 0 aromatic carbocycles. The van der Waals surface area contributed by atoms with Gasteiger partial charge in [0.25, 0.3) is 0 Å². The SMILES string of the molecule is CCNc1ncnc(NCC(COC)OC)c1C. The fourth-order valence-corrected chi connectivity index (χ4v) is 1.58. The van der Waals surface area contributed by atoms with E-state index in [1.165, 1.54) is 0 Å². The first-order chi connectivity index (χ1) is 8.72. The van der Waals surface area contributed by atoms with Crippen molar-refractivity contribution in [2.75, 3.05) is 44.5 Å². The third kappa shape index (κ3) is 4.12. The van der Waals surface area contributed by atoms with E-state index in [0.29, 0.717) is 13.2 Å². The van der Waals surface area contributed by atoms with E-state index in [2.05, 4.69) is 20.6 Å². The summed E-state index contributed by atoms with van der Waals surface area (Å²) >= 11 is 0. The molecule has 1 aromatic heterocycles. The number of methoxy groups -OCH3 is 2. The Morgan fingerprint density at radius 3 is 2.44 bits per heavy atom. The molecule has 18 heavy (non-hydrogen) atoms. The summed E-state index contributed by atoms with van der Waals surface area (Å²) in [6.07, 6.45) is 1.55. The number of anilines is 2. The first-order valence-corrected chi connectivity index (χ1v) is 6.04. The van der Waals surface area contributed by atoms with Crippen LogP contribution in [0.4, 0.5) is 11.6 Å². The van der Waals surface area contributed by atoms with Crippen LogP contribution in [0.15, 0.2) is 6.33 Å². The molecule has 1 rings (SSSR count). The van der Waals surface area contributed by atoms with Crippen molar-refractivity contribution >= 4 is 11.6 Å². The Morgan fingerprint density at radius 2 is 1.89 bits per heavy atom. The van der Waals surface area contributed by atoms with Crippen LogP contribution in [0.3, 0.4) is 0 Å². The largest absolute Gasteiger partial charge is 0.382 e. The molecule has 102 valence electrons. The van der Waals surface area contributed by atoms with E-state index in [1.54, 1.807) is 20.5 Å². The van der Waals surface area contributed by atoms with Crippen molar-refractivity contribution in [2.24, 2.45) is 0 Å². The zero-order valence-electron chi connectivity index (χ0n) is 11.5. The number of ether oxygens (including phenoxy) is 2. The first kappa shape index (κ1) is 14.7. The van der Waals surface area contributed by atoms with Gasteiger partial charge in [-0.15, -0.1) is 0 Å². The van der Waals surface area contributed by atoms with E-state index in [4.69, 9.17) is 9.47 Å². The number of nitrogens with one attached hydrogen (secondary N) is 2. The van der Waals surface area contributed by atoms with Crippen LogP contribution in [0.5, 0.6) is 0 Å². The maximum Gasteiger partial charge on any atom is 0.134 e. The van der Waals surface area contributed by atoms with Crippen molar-refractivity contribution in [3.63, 3.8) is 0 Å². The number of aromatic nitrogens is 2. The fraction of sp³-hybridized carbons (Fsp3) is 0.667. The zero-order chi connectivity index (χ0) is 13.4. The van der Waals surface area contributed by atoms with Crippen LogP contribution in [-0.4, -0.2) is 50.0 Å². The Hall–Kier alpha value is -1.40. The third-order valence-corrected chi connectivity index (χ3v) is 2.61. The summed E-state index contributed by atoms with van der Waals surface area (Å²) in [6, 6.07) is 0. The Balaban J connectivity index is 2.63. The molecule has 6 nitrogen and oxygen atoms in total. The highest BCUT2D eigenvalue weighted by atomic mass is 16.5. The fourth-order valence-electron chi connectivity index (χ4n) is 1.58. The smallest absolute Gasteiger partial charge is 0.134 e. The van der Waals surface area contributed by atoms with E-state index < -0.39 is 0 Å². The predicted molar refractivity (Wildman–Crippen MR) is 72.1 cm³/mol. The molecule has 0 spiro atoms. The molecular weight excluding hydrogens is 232 g/mol. The minimum Gasteiger partial charge on any atom is -0.382 e. The molecule has 0 amide bonds. The molecule has 0 saturated carbocycles. The number of nitrogens with zero attached hydrogens (tertiary/aromatic N) is 2. The lowest BCUT2D eigenvalue weighted by Gasteiger charge is -2.17. The van der Waals surface area contributed by atoms with Gasteiger partial charge in [0.1, 0.15) is 18.0 Å². The summed E-state index contributed by atoms with van der Waals surface area (Å²) in [5.74, 6) is 1.68. The van der Waals surface area contributed by atoms with Crippen molar-refractivity contribution in [3.05, 3.63) is 11.9 Å². The van der Waals surface area contributed by atoms with Crippen LogP contribution in [-0.2, 0) is 9.47 Å². The second kappa shape index (κ2) is 7.84. The highest BCUT2D eigenvalue weighted by molar-refractivity contribution is 5.56. The van der Waals surface area contributed by atoms with Gasteiger partial charge in [-0.2, -0.15) is 0 Å². The van der Waals surface area contributed by atoms with Gasteiger partial charge in [0.15, 0.2) is 0 Å². The van der Waals surface area contributed by atoms with Crippen LogP contribution in [0, 0.1) is 6.92 Å². The van der Waals surface area contributed by atoms with Gasteiger partial charge >= 0.3 is 0 Å². The van der Waals surface area contributed by atoms with Gasteiger partial charge in [-0.3, -0.25) is 0 Å². The minimum atomic E-state index is 0.00643. The zero-order valence-corrected chi connectivity index (χ0v) is 11.5. The summed E-state index contributed by atoms with van der Waals surface area (Å²) in [6.45, 7) is 6.05. The Bertz CT molecular complexity index is 360. The van der Waals surface area contributed by atoms with Crippen molar-refractivity contribution in [2.45, 2.75) is 20.0 Å². The van der Waals surface area contributed by atoms with E-state index >= 15 is 0 Å². The summed E-state index contributed by atoms with van der Waals surface area (Å²) < 4.78 is 10.3. The number of hydrogen-bond donors (Lipinski definition) is 2. The average molecular weight is 254 g/mol. The van der Waals surface area contributed by atoms with E-state index in [9.17, 15) is 0 Å². The highest BCUT2D eigenvalue weighted by Crippen LogP contribution is 2.17. The standard InChI is InChI=1S/C12H22N4O2/c1-5-13-11-9(2)12(16-8-15-11)14-6-10(18-4)7-17-3/h8,10H,5-7H2,1-4H3,(H2,13,14,15,16). The van der Waals surface area contributed by atoms with Gasteiger partial charge in [-0.25, -0.2) is 9.97 Å². The van der Waals surface area contributed by atoms with Gasteiger partial charge in [0.2, 0.25) is 0 Å². The Kier molecular flexibility index (Phi) is 6.38. The van der Waals surface area contributed by atoms with Crippen molar-refractivity contribution in [1.29, 1.82) is 0 Å². The van der Waals surface area contributed by atoms with Crippen LogP contribution < -0.4 is 10.6 Å². The van der Waals surface area contributed by atoms with Gasteiger partial charge in [0.05, 0.1) is 12.7 Å². The highest BCUT2D eigenvalue weighted by Gasteiger charge is 2.10. The number of rotatable bonds is 8. The minimum absolute atomic E-state index is 0.00643. The quantitative estimate of drug-likeness (QED) is 0.728. The van der Waals surface area contributed by atoms with E-state index in [-0.39, 0.29) is 6.10 Å². The van der Waals surface area contributed by atoms with Crippen LogP contribution >= 0.6 is 0 Å². The predicted octanol–water partition coefficient (Wildman–Crippen LogP) is 1.29. The molecule has 0 radical (unpaired) electrons. The molecule has 0 saturated heterocycles. The molecular formula is C12H22N4O2. The van der Waals surface area contributed by atoms with Crippen molar-refractivity contribution in [1.82, 2.24) is 9.97 Å². The van der Waals surface area contributed by atoms with Gasteiger partial charge < -0.3 is 20.1 Å². The first-order valence-electron chi connectivity index (χ1n) is 6.04. The molecule has 0 fully saturated rings. The molecule has 0 aliphatic carbocycles. The van der Waals surface area contributed by atoms with E-state index in [1.807, 2.05) is 13.8 Å². The summed E-state index contributed by atoms with van der Waals surface area (Å²) in [5.41, 5.74) is 1.01. The Morgan fingerprint density at radius 1 is 1.22 bits per heavy atom. The molecule has 1 atom stereocenters. The van der Waals surface area contributed by atoms with Gasteiger partial charge in [-0.05, 0) is 13.8 Å². The third-order valence-electron chi connectivity index (χ3n) is 2.61. The monoisotopic (exact) mass is 254 g/mol. The molecule has 1 aromatic rings. The lowest BCUT2D eigenvalue weighted by atomic mass is 10.3. The topological polar surface area (TPSA) is 68.3 Å². The number of hydrogen-bond acceptors (Lipinski definition) is 6. The summed E-state index contributed by atoms with van der Waals surface area (Å²) in [5, 5.41) is 6.45. The normalized spacial score (nSPS) is 12.2. The summed E-state index contributed by atoms with van der Waals surface area (Å²) in [7, 11) is 3.33. The maximum atomic E-state index is 5.28.